The van der Waals surface area contributed by atoms with E-state index in [9.17, 15) is 9.59 Å². The summed E-state index contributed by atoms with van der Waals surface area (Å²) in [5, 5.41) is 2.95. The summed E-state index contributed by atoms with van der Waals surface area (Å²) >= 11 is 0. The van der Waals surface area contributed by atoms with Crippen LogP contribution in [-0.4, -0.2) is 46.8 Å². The number of ketones is 1. The maximum atomic E-state index is 12.4. The second-order valence-electron chi connectivity index (χ2n) is 6.02. The quantitative estimate of drug-likeness (QED) is 0.854. The van der Waals surface area contributed by atoms with Gasteiger partial charge in [-0.25, -0.2) is 0 Å². The molecule has 116 valence electrons. The van der Waals surface area contributed by atoms with E-state index in [0.717, 1.165) is 42.9 Å². The number of amides is 1. The van der Waals surface area contributed by atoms with Crippen LogP contribution in [0.5, 0.6) is 0 Å². The lowest BCUT2D eigenvalue weighted by molar-refractivity contribution is -0.119. The van der Waals surface area contributed by atoms with Crippen molar-refractivity contribution in [3.05, 3.63) is 23.0 Å². The average molecular weight is 291 g/mol. The van der Waals surface area contributed by atoms with Crippen molar-refractivity contribution in [1.29, 1.82) is 0 Å². The Morgan fingerprint density at radius 3 is 2.38 bits per heavy atom. The van der Waals surface area contributed by atoms with E-state index < -0.39 is 0 Å². The lowest BCUT2D eigenvalue weighted by Gasteiger charge is -2.31. The van der Waals surface area contributed by atoms with Crippen LogP contribution in [-0.2, 0) is 11.8 Å². The van der Waals surface area contributed by atoms with Crippen LogP contribution in [0.2, 0.25) is 0 Å². The molecule has 1 aromatic heterocycles. The van der Waals surface area contributed by atoms with Gasteiger partial charge in [0.1, 0.15) is 0 Å². The van der Waals surface area contributed by atoms with E-state index >= 15 is 0 Å². The normalized spacial score (nSPS) is 17.0. The van der Waals surface area contributed by atoms with Crippen molar-refractivity contribution in [1.82, 2.24) is 14.8 Å². The van der Waals surface area contributed by atoms with Gasteiger partial charge >= 0.3 is 0 Å². The number of carbonyl (C=O) groups is 2. The van der Waals surface area contributed by atoms with Crippen molar-refractivity contribution in [3.63, 3.8) is 0 Å². The molecule has 0 radical (unpaired) electrons. The third kappa shape index (κ3) is 3.73. The molecular formula is C16H25N3O2. The molecule has 0 spiro atoms. The molecule has 0 bridgehead atoms. The first-order valence-electron chi connectivity index (χ1n) is 7.54. The molecule has 1 aliphatic heterocycles. The second kappa shape index (κ2) is 6.43. The van der Waals surface area contributed by atoms with Crippen LogP contribution < -0.4 is 5.32 Å². The molecule has 0 aliphatic carbocycles. The van der Waals surface area contributed by atoms with Gasteiger partial charge in [0, 0.05) is 50.1 Å². The molecule has 2 heterocycles. The summed E-state index contributed by atoms with van der Waals surface area (Å²) in [6.45, 7) is 7.75. The number of aryl methyl sites for hydroxylation is 1. The Balaban J connectivity index is 1.90. The minimum absolute atomic E-state index is 0.0277. The number of nitrogens with zero attached hydrogens (tertiary/aromatic N) is 2. The lowest BCUT2D eigenvalue weighted by Crippen LogP contribution is -2.45. The highest BCUT2D eigenvalue weighted by Crippen LogP contribution is 2.16. The van der Waals surface area contributed by atoms with Gasteiger partial charge in [-0.15, -0.1) is 0 Å². The van der Waals surface area contributed by atoms with Crippen LogP contribution in [0, 0.1) is 13.8 Å². The van der Waals surface area contributed by atoms with Crippen LogP contribution in [0.3, 0.4) is 0 Å². The zero-order valence-corrected chi connectivity index (χ0v) is 13.4. The lowest BCUT2D eigenvalue weighted by atomic mass is 10.0. The van der Waals surface area contributed by atoms with Crippen molar-refractivity contribution >= 4 is 11.7 Å². The number of piperidine rings is 1. The number of Topliss-reactive ketones (excluding diaryl/α,β-unsaturated/α-hetero) is 1. The maximum Gasteiger partial charge on any atom is 0.217 e. The number of hydrogen-bond donors (Lipinski definition) is 1. The molecule has 5 nitrogen and oxygen atoms in total. The average Bonchev–Trinajstić information content (AvgIpc) is 2.68. The van der Waals surface area contributed by atoms with E-state index in [1.165, 1.54) is 0 Å². The maximum absolute atomic E-state index is 12.4. The zero-order chi connectivity index (χ0) is 15.6. The van der Waals surface area contributed by atoms with Gasteiger partial charge in [0.25, 0.3) is 0 Å². The summed E-state index contributed by atoms with van der Waals surface area (Å²) in [6, 6.07) is 2.23. The Morgan fingerprint density at radius 2 is 1.90 bits per heavy atom. The Kier molecular flexibility index (Phi) is 4.83. The van der Waals surface area contributed by atoms with Gasteiger partial charge < -0.3 is 9.88 Å². The van der Waals surface area contributed by atoms with Gasteiger partial charge in [0.05, 0.1) is 6.54 Å². The monoisotopic (exact) mass is 291 g/mol. The standard InChI is InChI=1S/C16H25N3O2/c1-11-9-15(12(2)18(11)4)16(21)10-19-7-5-14(6-8-19)17-13(3)20/h9,14H,5-8,10H2,1-4H3,(H,17,20). The highest BCUT2D eigenvalue weighted by atomic mass is 16.1. The van der Waals surface area contributed by atoms with Crippen LogP contribution in [0.4, 0.5) is 0 Å². The Hall–Kier alpha value is -1.62. The molecule has 0 aromatic carbocycles. The smallest absolute Gasteiger partial charge is 0.217 e. The SMILES string of the molecule is CC(=O)NC1CCN(CC(=O)c2cc(C)n(C)c2C)CC1. The van der Waals surface area contributed by atoms with E-state index in [-0.39, 0.29) is 17.7 Å². The second-order valence-corrected chi connectivity index (χ2v) is 6.02. The Morgan fingerprint density at radius 1 is 1.29 bits per heavy atom. The fourth-order valence-corrected chi connectivity index (χ4v) is 2.95. The molecule has 0 atom stereocenters. The summed E-state index contributed by atoms with van der Waals surface area (Å²) in [4.78, 5) is 25.7. The van der Waals surface area contributed by atoms with Crippen LogP contribution in [0.1, 0.15) is 41.5 Å². The molecule has 5 heteroatoms. The summed E-state index contributed by atoms with van der Waals surface area (Å²) in [5.74, 6) is 0.217. The molecular weight excluding hydrogens is 266 g/mol. The van der Waals surface area contributed by atoms with Gasteiger partial charge in [-0.3, -0.25) is 14.5 Å². The third-order valence-electron chi connectivity index (χ3n) is 4.44. The van der Waals surface area contributed by atoms with E-state index in [4.69, 9.17) is 0 Å². The highest BCUT2D eigenvalue weighted by molar-refractivity contribution is 5.99. The predicted molar refractivity (Wildman–Crippen MR) is 82.5 cm³/mol. The van der Waals surface area contributed by atoms with Gasteiger partial charge in [-0.05, 0) is 32.8 Å². The molecule has 1 N–H and O–H groups in total. The van der Waals surface area contributed by atoms with Gasteiger partial charge in [-0.1, -0.05) is 0 Å². The summed E-state index contributed by atoms with van der Waals surface area (Å²) < 4.78 is 2.05. The fourth-order valence-electron chi connectivity index (χ4n) is 2.95. The number of aromatic nitrogens is 1. The molecule has 1 fully saturated rings. The summed E-state index contributed by atoms with van der Waals surface area (Å²) in [7, 11) is 1.99. The van der Waals surface area contributed by atoms with Crippen molar-refractivity contribution in [2.24, 2.45) is 7.05 Å². The first kappa shape index (κ1) is 15.8. The highest BCUT2D eigenvalue weighted by Gasteiger charge is 2.23. The zero-order valence-electron chi connectivity index (χ0n) is 13.4. The number of likely N-dealkylation sites (tertiary alicyclic amines) is 1. The minimum atomic E-state index is 0.0277. The summed E-state index contributed by atoms with van der Waals surface area (Å²) in [5.41, 5.74) is 2.98. The minimum Gasteiger partial charge on any atom is -0.354 e. The molecule has 1 saturated heterocycles. The van der Waals surface area contributed by atoms with Crippen molar-refractivity contribution in [2.45, 2.75) is 39.7 Å². The van der Waals surface area contributed by atoms with E-state index in [0.29, 0.717) is 6.54 Å². The van der Waals surface area contributed by atoms with Gasteiger partial charge in [-0.2, -0.15) is 0 Å². The largest absolute Gasteiger partial charge is 0.354 e. The topological polar surface area (TPSA) is 54.3 Å². The third-order valence-corrected chi connectivity index (χ3v) is 4.44. The van der Waals surface area contributed by atoms with Crippen LogP contribution >= 0.6 is 0 Å². The first-order valence-corrected chi connectivity index (χ1v) is 7.54. The number of nitrogens with one attached hydrogen (secondary N) is 1. The van der Waals surface area contributed by atoms with Gasteiger partial charge in [0.15, 0.2) is 5.78 Å². The first-order chi connectivity index (χ1) is 9.88. The summed E-state index contributed by atoms with van der Waals surface area (Å²) in [6.07, 6.45) is 1.83. The number of hydrogen-bond acceptors (Lipinski definition) is 3. The number of rotatable bonds is 4. The molecule has 2 rings (SSSR count). The van der Waals surface area contributed by atoms with Gasteiger partial charge in [0.2, 0.25) is 5.91 Å². The molecule has 1 aromatic rings. The fraction of sp³-hybridized carbons (Fsp3) is 0.625. The van der Waals surface area contributed by atoms with E-state index in [1.807, 2.05) is 27.0 Å². The molecule has 21 heavy (non-hydrogen) atoms. The Bertz CT molecular complexity index is 540. The van der Waals surface area contributed by atoms with E-state index in [2.05, 4.69) is 14.8 Å². The van der Waals surface area contributed by atoms with Crippen molar-refractivity contribution in [2.75, 3.05) is 19.6 Å². The van der Waals surface area contributed by atoms with Crippen LogP contribution in [0.15, 0.2) is 6.07 Å². The van der Waals surface area contributed by atoms with Crippen molar-refractivity contribution < 1.29 is 9.59 Å². The molecule has 0 unspecified atom stereocenters. The van der Waals surface area contributed by atoms with Crippen LogP contribution in [0.25, 0.3) is 0 Å². The van der Waals surface area contributed by atoms with E-state index in [1.54, 1.807) is 6.92 Å². The van der Waals surface area contributed by atoms with Crippen molar-refractivity contribution in [3.8, 4) is 0 Å². The molecule has 0 saturated carbocycles. The molecule has 1 aliphatic rings. The Labute approximate surface area is 126 Å². The molecule has 1 amide bonds. The number of carbonyl (C=O) groups excluding carboxylic acids is 2. The predicted octanol–water partition coefficient (Wildman–Crippen LogP) is 1.43.